The van der Waals surface area contributed by atoms with Crippen molar-refractivity contribution in [2.45, 2.75) is 19.3 Å². The molecule has 84 valence electrons. The zero-order valence-corrected chi connectivity index (χ0v) is 9.65. The maximum Gasteiger partial charge on any atom is 0.167 e. The molecule has 0 unspecified atom stereocenters. The standard InChI is InChI=1S/C16H14O/c17-16-11-13-7-5-4-6-12(13)10-14-8-2-1-3-9-15(14)16/h1-7,9H,8,10-11H2. The summed E-state index contributed by atoms with van der Waals surface area (Å²) >= 11 is 0. The molecule has 0 aliphatic heterocycles. The molecule has 1 heteroatoms. The minimum absolute atomic E-state index is 0.255. The van der Waals surface area contributed by atoms with Gasteiger partial charge in [-0.1, -0.05) is 54.1 Å². The molecular weight excluding hydrogens is 208 g/mol. The minimum atomic E-state index is 0.255. The lowest BCUT2D eigenvalue weighted by molar-refractivity contribution is -0.114. The molecule has 1 aromatic rings. The van der Waals surface area contributed by atoms with Crippen LogP contribution in [0.2, 0.25) is 0 Å². The number of hydrogen-bond acceptors (Lipinski definition) is 1. The van der Waals surface area contributed by atoms with Gasteiger partial charge in [0.05, 0.1) is 0 Å². The van der Waals surface area contributed by atoms with E-state index in [1.165, 1.54) is 16.7 Å². The molecule has 0 aromatic heterocycles. The van der Waals surface area contributed by atoms with Gasteiger partial charge in [-0.2, -0.15) is 0 Å². The summed E-state index contributed by atoms with van der Waals surface area (Å²) in [6, 6.07) is 8.27. The van der Waals surface area contributed by atoms with Crippen molar-refractivity contribution in [3.63, 3.8) is 0 Å². The van der Waals surface area contributed by atoms with E-state index < -0.39 is 0 Å². The molecule has 0 saturated carbocycles. The third kappa shape index (κ3) is 1.89. The van der Waals surface area contributed by atoms with Crippen molar-refractivity contribution in [1.82, 2.24) is 0 Å². The van der Waals surface area contributed by atoms with Gasteiger partial charge in [-0.25, -0.2) is 0 Å². The van der Waals surface area contributed by atoms with Crippen LogP contribution in [-0.2, 0) is 17.6 Å². The average Bonchev–Trinajstić information content (AvgIpc) is 2.62. The molecule has 0 atom stereocenters. The first-order chi connectivity index (χ1) is 8.34. The highest BCUT2D eigenvalue weighted by atomic mass is 16.1. The van der Waals surface area contributed by atoms with Crippen LogP contribution in [0.4, 0.5) is 0 Å². The minimum Gasteiger partial charge on any atom is -0.294 e. The molecular formula is C16H14O. The van der Waals surface area contributed by atoms with Crippen molar-refractivity contribution in [1.29, 1.82) is 0 Å². The van der Waals surface area contributed by atoms with Gasteiger partial charge in [-0.15, -0.1) is 0 Å². The maximum absolute atomic E-state index is 12.2. The van der Waals surface area contributed by atoms with Gasteiger partial charge in [-0.3, -0.25) is 4.79 Å². The maximum atomic E-state index is 12.2. The monoisotopic (exact) mass is 222 g/mol. The van der Waals surface area contributed by atoms with Crippen LogP contribution in [0, 0.1) is 0 Å². The lowest BCUT2D eigenvalue weighted by Gasteiger charge is -2.06. The first kappa shape index (κ1) is 10.3. The smallest absolute Gasteiger partial charge is 0.167 e. The number of rotatable bonds is 0. The normalized spacial score (nSPS) is 18.5. The number of carbonyl (C=O) groups excluding carboxylic acids is 1. The molecule has 3 rings (SSSR count). The van der Waals surface area contributed by atoms with Gasteiger partial charge in [0.1, 0.15) is 0 Å². The molecule has 0 amide bonds. The molecule has 0 N–H and O–H groups in total. The van der Waals surface area contributed by atoms with E-state index in [9.17, 15) is 4.79 Å². The topological polar surface area (TPSA) is 17.1 Å². The summed E-state index contributed by atoms with van der Waals surface area (Å²) in [6.45, 7) is 0. The van der Waals surface area contributed by atoms with Crippen molar-refractivity contribution in [2.75, 3.05) is 0 Å². The van der Waals surface area contributed by atoms with E-state index >= 15 is 0 Å². The summed E-state index contributed by atoms with van der Waals surface area (Å²) in [5.74, 6) is 0.255. The molecule has 0 heterocycles. The molecule has 0 bridgehead atoms. The number of allylic oxidation sites excluding steroid dienone is 6. The van der Waals surface area contributed by atoms with Crippen LogP contribution in [0.3, 0.4) is 0 Å². The van der Waals surface area contributed by atoms with Crippen LogP contribution in [0.15, 0.2) is 59.7 Å². The van der Waals surface area contributed by atoms with E-state index in [1.807, 2.05) is 24.3 Å². The largest absolute Gasteiger partial charge is 0.294 e. The first-order valence-electron chi connectivity index (χ1n) is 6.00. The fraction of sp³-hybridized carbons (Fsp3) is 0.188. The number of fused-ring (bicyclic) bond motifs is 1. The van der Waals surface area contributed by atoms with Gasteiger partial charge in [0.25, 0.3) is 0 Å². The third-order valence-electron chi connectivity index (χ3n) is 3.43. The summed E-state index contributed by atoms with van der Waals surface area (Å²) in [5.41, 5.74) is 4.66. The van der Waals surface area contributed by atoms with Gasteiger partial charge in [0.2, 0.25) is 0 Å². The number of Topliss-reactive ketones (excluding diaryl/α,β-unsaturated/α-hetero) is 1. The Morgan fingerprint density at radius 2 is 1.71 bits per heavy atom. The zero-order chi connectivity index (χ0) is 11.7. The molecule has 0 fully saturated rings. The van der Waals surface area contributed by atoms with Crippen LogP contribution in [0.25, 0.3) is 0 Å². The lowest BCUT2D eigenvalue weighted by Crippen LogP contribution is -2.04. The quantitative estimate of drug-likeness (QED) is 0.659. The van der Waals surface area contributed by atoms with E-state index in [-0.39, 0.29) is 5.78 Å². The molecule has 2 aliphatic carbocycles. The molecule has 1 aromatic carbocycles. The average molecular weight is 222 g/mol. The van der Waals surface area contributed by atoms with E-state index in [0.29, 0.717) is 6.42 Å². The number of carbonyl (C=O) groups is 1. The van der Waals surface area contributed by atoms with Crippen molar-refractivity contribution in [2.24, 2.45) is 0 Å². The predicted molar refractivity (Wildman–Crippen MR) is 68.8 cm³/mol. The van der Waals surface area contributed by atoms with Gasteiger partial charge < -0.3 is 0 Å². The molecule has 0 saturated heterocycles. The van der Waals surface area contributed by atoms with Gasteiger partial charge in [0, 0.05) is 12.0 Å². The predicted octanol–water partition coefficient (Wildman–Crippen LogP) is 3.17. The summed E-state index contributed by atoms with van der Waals surface area (Å²) in [5, 5.41) is 0. The highest BCUT2D eigenvalue weighted by Gasteiger charge is 2.20. The van der Waals surface area contributed by atoms with E-state index in [2.05, 4.69) is 24.3 Å². The first-order valence-corrected chi connectivity index (χ1v) is 6.00. The highest BCUT2D eigenvalue weighted by Crippen LogP contribution is 2.27. The second kappa shape index (κ2) is 4.17. The van der Waals surface area contributed by atoms with Gasteiger partial charge in [-0.05, 0) is 24.0 Å². The number of benzene rings is 1. The van der Waals surface area contributed by atoms with Gasteiger partial charge >= 0.3 is 0 Å². The zero-order valence-electron chi connectivity index (χ0n) is 9.65. The van der Waals surface area contributed by atoms with E-state index in [1.54, 1.807) is 0 Å². The Bertz CT molecular complexity index is 559. The Hall–Kier alpha value is -1.89. The van der Waals surface area contributed by atoms with Crippen LogP contribution < -0.4 is 0 Å². The molecule has 0 radical (unpaired) electrons. The second-order valence-corrected chi connectivity index (χ2v) is 4.55. The Kier molecular flexibility index (Phi) is 2.52. The molecule has 1 nitrogen and oxygen atoms in total. The molecule has 2 aliphatic rings. The van der Waals surface area contributed by atoms with Crippen LogP contribution in [-0.4, -0.2) is 5.78 Å². The van der Waals surface area contributed by atoms with E-state index in [4.69, 9.17) is 0 Å². The molecule has 0 spiro atoms. The van der Waals surface area contributed by atoms with Crippen molar-refractivity contribution < 1.29 is 4.79 Å². The Morgan fingerprint density at radius 1 is 0.941 bits per heavy atom. The summed E-state index contributed by atoms with van der Waals surface area (Å²) < 4.78 is 0. The summed E-state index contributed by atoms with van der Waals surface area (Å²) in [4.78, 5) is 12.2. The third-order valence-corrected chi connectivity index (χ3v) is 3.43. The fourth-order valence-electron chi connectivity index (χ4n) is 2.53. The lowest BCUT2D eigenvalue weighted by atomic mass is 9.98. The van der Waals surface area contributed by atoms with Crippen LogP contribution in [0.1, 0.15) is 17.5 Å². The summed E-state index contributed by atoms with van der Waals surface area (Å²) in [6.07, 6.45) is 10.4. The molecule has 17 heavy (non-hydrogen) atoms. The Labute approximate surface area is 101 Å². The van der Waals surface area contributed by atoms with Crippen molar-refractivity contribution in [3.8, 4) is 0 Å². The Balaban J connectivity index is 2.10. The van der Waals surface area contributed by atoms with Crippen molar-refractivity contribution >= 4 is 5.78 Å². The van der Waals surface area contributed by atoms with Crippen LogP contribution >= 0.6 is 0 Å². The SMILES string of the molecule is O=C1Cc2ccccc2CC2=C1C=CC=CC2. The van der Waals surface area contributed by atoms with Crippen LogP contribution in [0.5, 0.6) is 0 Å². The van der Waals surface area contributed by atoms with Gasteiger partial charge in [0.15, 0.2) is 5.78 Å². The van der Waals surface area contributed by atoms with Crippen molar-refractivity contribution in [3.05, 3.63) is 70.8 Å². The second-order valence-electron chi connectivity index (χ2n) is 4.55. The highest BCUT2D eigenvalue weighted by molar-refractivity contribution is 6.01. The van der Waals surface area contributed by atoms with E-state index in [0.717, 1.165) is 18.4 Å². The Morgan fingerprint density at radius 3 is 2.53 bits per heavy atom. The number of hydrogen-bond donors (Lipinski definition) is 0. The summed E-state index contributed by atoms with van der Waals surface area (Å²) in [7, 11) is 0. The fourth-order valence-corrected chi connectivity index (χ4v) is 2.53. The number of ketones is 1.